The molecule has 2 aliphatic rings. The molecule has 24 heavy (non-hydrogen) atoms. The molecule has 1 aromatic carbocycles. The van der Waals surface area contributed by atoms with E-state index in [2.05, 4.69) is 14.6 Å². The van der Waals surface area contributed by atoms with E-state index in [-0.39, 0.29) is 11.9 Å². The molecule has 2 saturated heterocycles. The maximum atomic E-state index is 12.3. The normalized spacial score (nSPS) is 21.7. The zero-order chi connectivity index (χ0) is 16.6. The van der Waals surface area contributed by atoms with E-state index in [4.69, 9.17) is 4.74 Å². The van der Waals surface area contributed by atoms with Gasteiger partial charge in [-0.3, -0.25) is 4.72 Å². The van der Waals surface area contributed by atoms with Crippen LogP contribution in [0, 0.1) is 0 Å². The number of sulfonamides is 1. The number of fused-ring (bicyclic) bond motifs is 1. The molecule has 6 nitrogen and oxygen atoms in total. The van der Waals surface area contributed by atoms with Gasteiger partial charge in [-0.05, 0) is 43.9 Å². The number of hydrogen-bond donors (Lipinski definition) is 1. The van der Waals surface area contributed by atoms with Gasteiger partial charge in [0, 0.05) is 19.7 Å². The molecule has 0 saturated carbocycles. The van der Waals surface area contributed by atoms with Crippen LogP contribution < -0.4 is 9.62 Å². The lowest BCUT2D eigenvalue weighted by molar-refractivity contribution is 0.127. The summed E-state index contributed by atoms with van der Waals surface area (Å²) in [6.45, 7) is 2.77. The van der Waals surface area contributed by atoms with Crippen molar-refractivity contribution < 1.29 is 13.2 Å². The first kappa shape index (κ1) is 16.1. The molecule has 2 aliphatic heterocycles. The van der Waals surface area contributed by atoms with Gasteiger partial charge in [0.2, 0.25) is 10.0 Å². The van der Waals surface area contributed by atoms with E-state index in [0.29, 0.717) is 12.3 Å². The Bertz CT molecular complexity index is 822. The highest BCUT2D eigenvalue weighted by molar-refractivity contribution is 7.92. The lowest BCUT2D eigenvalue weighted by Crippen LogP contribution is -2.25. The van der Waals surface area contributed by atoms with E-state index >= 15 is 0 Å². The summed E-state index contributed by atoms with van der Waals surface area (Å²) in [7, 11) is -3.40. The van der Waals surface area contributed by atoms with Crippen molar-refractivity contribution in [3.63, 3.8) is 0 Å². The number of rotatable bonds is 5. The first-order valence-corrected chi connectivity index (χ1v) is 10.8. The molecule has 3 heterocycles. The van der Waals surface area contributed by atoms with Gasteiger partial charge in [-0.1, -0.05) is 11.3 Å². The smallest absolute Gasteiger partial charge is 0.235 e. The molecule has 0 bridgehead atoms. The number of nitrogens with one attached hydrogen (secondary N) is 1. The molecule has 1 N–H and O–H groups in total. The fourth-order valence-electron chi connectivity index (χ4n) is 3.26. The fourth-order valence-corrected chi connectivity index (χ4v) is 5.64. The third kappa shape index (κ3) is 3.50. The molecule has 0 aliphatic carbocycles. The number of aromatic nitrogens is 1. The van der Waals surface area contributed by atoms with Gasteiger partial charge in [0.1, 0.15) is 0 Å². The highest BCUT2D eigenvalue weighted by atomic mass is 32.2. The van der Waals surface area contributed by atoms with Crippen molar-refractivity contribution in [1.82, 2.24) is 4.98 Å². The predicted octanol–water partition coefficient (Wildman–Crippen LogP) is 2.82. The summed E-state index contributed by atoms with van der Waals surface area (Å²) in [4.78, 5) is 6.96. The topological polar surface area (TPSA) is 71.5 Å². The Labute approximate surface area is 145 Å². The summed E-state index contributed by atoms with van der Waals surface area (Å²) < 4.78 is 33.7. The van der Waals surface area contributed by atoms with Crippen LogP contribution in [-0.4, -0.2) is 45.0 Å². The van der Waals surface area contributed by atoms with E-state index in [1.807, 2.05) is 12.1 Å². The molecule has 130 valence electrons. The summed E-state index contributed by atoms with van der Waals surface area (Å²) in [5, 5.41) is 1.03. The van der Waals surface area contributed by atoms with Crippen molar-refractivity contribution in [1.29, 1.82) is 0 Å². The summed E-state index contributed by atoms with van der Waals surface area (Å²) in [6.07, 6.45) is 3.99. The monoisotopic (exact) mass is 367 g/mol. The molecule has 2 fully saturated rings. The van der Waals surface area contributed by atoms with Gasteiger partial charge in [-0.25, -0.2) is 13.4 Å². The molecule has 0 spiro atoms. The van der Waals surface area contributed by atoms with Crippen molar-refractivity contribution in [2.24, 2.45) is 0 Å². The maximum Gasteiger partial charge on any atom is 0.235 e. The second-order valence-corrected chi connectivity index (χ2v) is 9.17. The molecule has 0 radical (unpaired) electrons. The first-order chi connectivity index (χ1) is 11.6. The van der Waals surface area contributed by atoms with Gasteiger partial charge >= 0.3 is 0 Å². The first-order valence-electron chi connectivity index (χ1n) is 8.37. The molecule has 1 atom stereocenters. The lowest BCUT2D eigenvalue weighted by atomic mass is 10.3. The largest absolute Gasteiger partial charge is 0.377 e. The van der Waals surface area contributed by atoms with Gasteiger partial charge in [-0.2, -0.15) is 0 Å². The Balaban J connectivity index is 1.51. The minimum Gasteiger partial charge on any atom is -0.377 e. The molecule has 4 rings (SSSR count). The Morgan fingerprint density at radius 1 is 1.29 bits per heavy atom. The van der Waals surface area contributed by atoms with E-state index in [1.165, 1.54) is 12.8 Å². The van der Waals surface area contributed by atoms with Gasteiger partial charge in [-0.15, -0.1) is 0 Å². The van der Waals surface area contributed by atoms with Gasteiger partial charge < -0.3 is 9.64 Å². The van der Waals surface area contributed by atoms with Crippen LogP contribution in [0.15, 0.2) is 18.2 Å². The Morgan fingerprint density at radius 3 is 2.88 bits per heavy atom. The number of ether oxygens (including phenoxy) is 1. The molecule has 2 aromatic rings. The van der Waals surface area contributed by atoms with E-state index in [9.17, 15) is 8.42 Å². The highest BCUT2D eigenvalue weighted by Gasteiger charge is 2.23. The molecular weight excluding hydrogens is 346 g/mol. The predicted molar refractivity (Wildman–Crippen MR) is 97.5 cm³/mol. The van der Waals surface area contributed by atoms with E-state index < -0.39 is 10.0 Å². The van der Waals surface area contributed by atoms with Crippen molar-refractivity contribution in [3.8, 4) is 0 Å². The quantitative estimate of drug-likeness (QED) is 0.880. The summed E-state index contributed by atoms with van der Waals surface area (Å²) in [5.41, 5.74) is 1.51. The maximum absolute atomic E-state index is 12.3. The van der Waals surface area contributed by atoms with E-state index in [1.54, 1.807) is 17.4 Å². The van der Waals surface area contributed by atoms with Crippen molar-refractivity contribution in [2.75, 3.05) is 35.1 Å². The van der Waals surface area contributed by atoms with Crippen LogP contribution >= 0.6 is 11.3 Å². The third-order valence-electron chi connectivity index (χ3n) is 4.46. The number of nitrogens with zero attached hydrogens (tertiary/aromatic N) is 2. The van der Waals surface area contributed by atoms with Gasteiger partial charge in [0.05, 0.1) is 27.8 Å². The minimum atomic E-state index is -3.40. The Kier molecular flexibility index (Phi) is 4.36. The van der Waals surface area contributed by atoms with E-state index in [0.717, 1.165) is 41.3 Å². The average Bonchev–Trinajstić information content (AvgIpc) is 3.26. The number of hydrogen-bond acceptors (Lipinski definition) is 6. The second-order valence-electron chi connectivity index (χ2n) is 6.39. The zero-order valence-corrected chi connectivity index (χ0v) is 15.0. The third-order valence-corrected chi connectivity index (χ3v) is 6.89. The number of anilines is 2. The Morgan fingerprint density at radius 2 is 2.12 bits per heavy atom. The number of thiazole rings is 1. The van der Waals surface area contributed by atoms with Crippen LogP contribution in [0.1, 0.15) is 25.7 Å². The van der Waals surface area contributed by atoms with Gasteiger partial charge in [0.25, 0.3) is 0 Å². The molecule has 1 aromatic heterocycles. The zero-order valence-electron chi connectivity index (χ0n) is 13.4. The SMILES string of the molecule is O=S(=O)(C[C@@H]1CCCO1)Nc1ccc2nc(N3CCCC3)sc2c1. The Hall–Kier alpha value is -1.38. The standard InChI is InChI=1S/C16H21N3O3S2/c20-24(21,11-13-4-3-9-22-13)18-12-5-6-14-15(10-12)23-16(17-14)19-7-1-2-8-19/h5-6,10,13,18H,1-4,7-9,11H2/t13-/m0/s1. The van der Waals surface area contributed by atoms with Crippen LogP contribution in [0.25, 0.3) is 10.2 Å². The molecule has 0 unspecified atom stereocenters. The van der Waals surface area contributed by atoms with Crippen LogP contribution in [0.4, 0.5) is 10.8 Å². The van der Waals surface area contributed by atoms with Crippen LogP contribution in [-0.2, 0) is 14.8 Å². The van der Waals surface area contributed by atoms with Crippen molar-refractivity contribution >= 4 is 42.4 Å². The summed E-state index contributed by atoms with van der Waals surface area (Å²) >= 11 is 1.62. The highest BCUT2D eigenvalue weighted by Crippen LogP contribution is 2.32. The molecular formula is C16H21N3O3S2. The molecule has 8 heteroatoms. The van der Waals surface area contributed by atoms with Crippen molar-refractivity contribution in [2.45, 2.75) is 31.8 Å². The van der Waals surface area contributed by atoms with Crippen molar-refractivity contribution in [3.05, 3.63) is 18.2 Å². The lowest BCUT2D eigenvalue weighted by Gasteiger charge is -2.12. The van der Waals surface area contributed by atoms with Gasteiger partial charge in [0.15, 0.2) is 5.13 Å². The second kappa shape index (κ2) is 6.50. The number of benzene rings is 1. The minimum absolute atomic E-state index is 0.0206. The average molecular weight is 367 g/mol. The fraction of sp³-hybridized carbons (Fsp3) is 0.562. The summed E-state index contributed by atoms with van der Waals surface area (Å²) in [6, 6.07) is 5.54. The summed E-state index contributed by atoms with van der Waals surface area (Å²) in [5.74, 6) is 0.0206. The van der Waals surface area contributed by atoms with Crippen LogP contribution in [0.3, 0.4) is 0 Å². The van der Waals surface area contributed by atoms with Crippen LogP contribution in [0.2, 0.25) is 0 Å². The van der Waals surface area contributed by atoms with Crippen LogP contribution in [0.5, 0.6) is 0 Å². The molecule has 0 amide bonds.